The van der Waals surface area contributed by atoms with Crippen molar-refractivity contribution in [3.05, 3.63) is 92.9 Å². The van der Waals surface area contributed by atoms with E-state index in [1.165, 1.54) is 0 Å². The van der Waals surface area contributed by atoms with E-state index in [0.717, 1.165) is 55.5 Å². The zero-order valence-electron chi connectivity index (χ0n) is 17.5. The lowest BCUT2D eigenvalue weighted by Crippen LogP contribution is -2.17. The van der Waals surface area contributed by atoms with Gasteiger partial charge in [-0.3, -0.25) is 0 Å². The molecule has 0 fully saturated rings. The van der Waals surface area contributed by atoms with E-state index in [1.807, 2.05) is 48.5 Å². The van der Waals surface area contributed by atoms with Gasteiger partial charge in [0.15, 0.2) is 0 Å². The second-order valence-electron chi connectivity index (χ2n) is 6.90. The number of hydrogen-bond donors (Lipinski definition) is 1. The van der Waals surface area contributed by atoms with Crippen molar-refractivity contribution in [2.24, 2.45) is 0 Å². The van der Waals surface area contributed by atoms with Crippen molar-refractivity contribution in [3.8, 4) is 11.4 Å². The third-order valence-electron chi connectivity index (χ3n) is 4.56. The summed E-state index contributed by atoms with van der Waals surface area (Å²) in [5.74, 6) is 1.66. The van der Waals surface area contributed by atoms with Crippen LogP contribution in [-0.2, 0) is 13.2 Å². The van der Waals surface area contributed by atoms with Crippen molar-refractivity contribution in [2.45, 2.75) is 18.3 Å². The average Bonchev–Trinajstić information content (AvgIpc) is 3.28. The molecular formula is C23H22Br2ClN5OS. The Morgan fingerprint density at radius 3 is 2.27 bits per heavy atom. The first kappa shape index (κ1) is 25.7. The summed E-state index contributed by atoms with van der Waals surface area (Å²) in [7, 11) is 0. The lowest BCUT2D eigenvalue weighted by molar-refractivity contribution is 0.302. The van der Waals surface area contributed by atoms with Crippen molar-refractivity contribution < 1.29 is 4.74 Å². The van der Waals surface area contributed by atoms with Gasteiger partial charge in [0.2, 0.25) is 5.16 Å². The molecule has 0 aliphatic carbocycles. The second-order valence-corrected chi connectivity index (χ2v) is 9.67. The Balaban J connectivity index is 0.00000306. The van der Waals surface area contributed by atoms with E-state index < -0.39 is 0 Å². The maximum absolute atomic E-state index is 6.00. The van der Waals surface area contributed by atoms with Gasteiger partial charge in [-0.2, -0.15) is 4.68 Å². The van der Waals surface area contributed by atoms with Gasteiger partial charge in [0.05, 0.1) is 14.6 Å². The van der Waals surface area contributed by atoms with Crippen molar-refractivity contribution in [1.29, 1.82) is 0 Å². The lowest BCUT2D eigenvalue weighted by Gasteiger charge is -2.13. The summed E-state index contributed by atoms with van der Waals surface area (Å²) in [6.07, 6.45) is 0. The SMILES string of the molecule is Brc1cc(CNCCSc2nnnn2-c2ccccc2)cc(Br)c1OCc1ccccc1.Cl. The van der Waals surface area contributed by atoms with Gasteiger partial charge in [0.25, 0.3) is 0 Å². The van der Waals surface area contributed by atoms with Crippen LogP contribution in [0.2, 0.25) is 0 Å². The predicted molar refractivity (Wildman–Crippen MR) is 141 cm³/mol. The van der Waals surface area contributed by atoms with Crippen molar-refractivity contribution >= 4 is 56.0 Å². The first-order chi connectivity index (χ1) is 15.7. The number of benzene rings is 3. The minimum absolute atomic E-state index is 0. The molecule has 0 unspecified atom stereocenters. The number of thioether (sulfide) groups is 1. The quantitative estimate of drug-likeness (QED) is 0.174. The van der Waals surface area contributed by atoms with Gasteiger partial charge in [0, 0.05) is 18.8 Å². The van der Waals surface area contributed by atoms with Gasteiger partial charge >= 0.3 is 0 Å². The number of rotatable bonds is 10. The Morgan fingerprint density at radius 1 is 0.909 bits per heavy atom. The highest BCUT2D eigenvalue weighted by Gasteiger charge is 2.11. The molecule has 6 nitrogen and oxygen atoms in total. The van der Waals surface area contributed by atoms with Gasteiger partial charge in [-0.25, -0.2) is 0 Å². The molecule has 0 amide bonds. The van der Waals surface area contributed by atoms with Crippen LogP contribution in [0, 0.1) is 0 Å². The molecule has 0 saturated heterocycles. The van der Waals surface area contributed by atoms with E-state index in [9.17, 15) is 0 Å². The van der Waals surface area contributed by atoms with Crippen molar-refractivity contribution in [2.75, 3.05) is 12.3 Å². The number of nitrogens with one attached hydrogen (secondary N) is 1. The third kappa shape index (κ3) is 7.28. The first-order valence-corrected chi connectivity index (χ1v) is 12.6. The molecule has 0 saturated carbocycles. The normalized spacial score (nSPS) is 10.6. The third-order valence-corrected chi connectivity index (χ3v) is 6.66. The molecule has 1 aromatic heterocycles. The monoisotopic (exact) mass is 609 g/mol. The van der Waals surface area contributed by atoms with Crippen LogP contribution in [0.15, 0.2) is 86.9 Å². The lowest BCUT2D eigenvalue weighted by atomic mass is 10.2. The molecule has 0 aliphatic heterocycles. The zero-order chi connectivity index (χ0) is 22.2. The Labute approximate surface area is 220 Å². The summed E-state index contributed by atoms with van der Waals surface area (Å²) < 4.78 is 9.61. The maximum atomic E-state index is 6.00. The van der Waals surface area contributed by atoms with Crippen molar-refractivity contribution in [3.63, 3.8) is 0 Å². The number of ether oxygens (including phenoxy) is 1. The number of para-hydroxylation sites is 1. The largest absolute Gasteiger partial charge is 0.487 e. The molecule has 1 N–H and O–H groups in total. The summed E-state index contributed by atoms with van der Waals surface area (Å²) >= 11 is 8.90. The Kier molecular flexibility index (Phi) is 10.2. The van der Waals surface area contributed by atoms with Crippen LogP contribution >= 0.6 is 56.0 Å². The Hall–Kier alpha value is -1.91. The molecule has 0 radical (unpaired) electrons. The van der Waals surface area contributed by atoms with Crippen LogP contribution in [0.4, 0.5) is 0 Å². The number of nitrogens with zero attached hydrogens (tertiary/aromatic N) is 4. The van der Waals surface area contributed by atoms with Crippen LogP contribution in [0.3, 0.4) is 0 Å². The summed E-state index contributed by atoms with van der Waals surface area (Å²) in [5, 5.41) is 16.3. The number of hydrogen-bond acceptors (Lipinski definition) is 6. The van der Waals surface area contributed by atoms with E-state index >= 15 is 0 Å². The second kappa shape index (κ2) is 13.1. The van der Waals surface area contributed by atoms with Crippen LogP contribution in [-0.4, -0.2) is 32.5 Å². The Bertz CT molecular complexity index is 1130. The summed E-state index contributed by atoms with van der Waals surface area (Å²) in [4.78, 5) is 0. The molecule has 33 heavy (non-hydrogen) atoms. The molecule has 0 atom stereocenters. The fraction of sp³-hybridized carbons (Fsp3) is 0.174. The summed E-state index contributed by atoms with van der Waals surface area (Å²) in [6, 6.07) is 24.2. The number of halogens is 3. The van der Waals surface area contributed by atoms with Gasteiger partial charge in [-0.15, -0.1) is 17.5 Å². The summed E-state index contributed by atoms with van der Waals surface area (Å²) in [5.41, 5.74) is 3.25. The minimum atomic E-state index is 0. The molecule has 0 spiro atoms. The number of aromatic nitrogens is 4. The predicted octanol–water partition coefficient (Wildman–Crippen LogP) is 6.07. The highest BCUT2D eigenvalue weighted by Crippen LogP contribution is 2.35. The smallest absolute Gasteiger partial charge is 0.214 e. The minimum Gasteiger partial charge on any atom is -0.487 e. The van der Waals surface area contributed by atoms with E-state index in [2.05, 4.69) is 77.0 Å². The molecule has 172 valence electrons. The van der Waals surface area contributed by atoms with Crippen LogP contribution in [0.25, 0.3) is 5.69 Å². The molecule has 10 heteroatoms. The van der Waals surface area contributed by atoms with Gasteiger partial charge in [0.1, 0.15) is 12.4 Å². The van der Waals surface area contributed by atoms with E-state index in [0.29, 0.717) is 6.61 Å². The zero-order valence-corrected chi connectivity index (χ0v) is 22.3. The fourth-order valence-corrected chi connectivity index (χ4v) is 5.33. The van der Waals surface area contributed by atoms with E-state index in [-0.39, 0.29) is 12.4 Å². The standard InChI is InChI=1S/C23H21Br2N5OS.ClH/c24-20-13-18(14-21(25)22(20)31-16-17-7-3-1-4-8-17)15-26-11-12-32-23-27-28-29-30(23)19-9-5-2-6-10-19;/h1-10,13-14,26H,11-12,15-16H2;1H. The highest BCUT2D eigenvalue weighted by molar-refractivity contribution is 9.11. The molecule has 4 aromatic rings. The van der Waals surface area contributed by atoms with E-state index in [4.69, 9.17) is 4.74 Å². The van der Waals surface area contributed by atoms with Crippen LogP contribution < -0.4 is 10.1 Å². The first-order valence-electron chi connectivity index (χ1n) is 10.0. The fourth-order valence-electron chi connectivity index (χ4n) is 3.03. The molecule has 0 aliphatic rings. The van der Waals surface area contributed by atoms with Gasteiger partial charge < -0.3 is 10.1 Å². The van der Waals surface area contributed by atoms with Gasteiger partial charge in [-0.1, -0.05) is 60.3 Å². The summed E-state index contributed by atoms with van der Waals surface area (Å²) in [6.45, 7) is 2.10. The topological polar surface area (TPSA) is 64.9 Å². The molecule has 3 aromatic carbocycles. The molecular weight excluding hydrogens is 590 g/mol. The van der Waals surface area contributed by atoms with E-state index in [1.54, 1.807) is 16.4 Å². The molecule has 0 bridgehead atoms. The average molecular weight is 612 g/mol. The highest BCUT2D eigenvalue weighted by atomic mass is 79.9. The Morgan fingerprint density at radius 2 is 1.58 bits per heavy atom. The molecule has 1 heterocycles. The number of tetrazole rings is 1. The van der Waals surface area contributed by atoms with Crippen molar-refractivity contribution in [1.82, 2.24) is 25.5 Å². The van der Waals surface area contributed by atoms with Gasteiger partial charge in [-0.05, 0) is 77.7 Å². The van der Waals surface area contributed by atoms with Crippen LogP contribution in [0.5, 0.6) is 5.75 Å². The maximum Gasteiger partial charge on any atom is 0.214 e. The molecule has 4 rings (SSSR count). The van der Waals surface area contributed by atoms with Crippen LogP contribution in [0.1, 0.15) is 11.1 Å².